The number of fused-ring (bicyclic) bond motifs is 2. The van der Waals surface area contributed by atoms with Crippen LogP contribution in [0.3, 0.4) is 0 Å². The largest absolute Gasteiger partial charge is 0.293 e. The summed E-state index contributed by atoms with van der Waals surface area (Å²) in [4.78, 5) is 17.8. The smallest absolute Gasteiger partial charge is 0.234 e. The first-order chi connectivity index (χ1) is 11.5. The molecule has 5 nitrogen and oxygen atoms in total. The summed E-state index contributed by atoms with van der Waals surface area (Å²) in [7, 11) is 2.20. The van der Waals surface area contributed by atoms with Crippen molar-refractivity contribution in [3.05, 3.63) is 44.9 Å². The summed E-state index contributed by atoms with van der Waals surface area (Å²) < 4.78 is 2.08. The van der Waals surface area contributed by atoms with Gasteiger partial charge in [0.1, 0.15) is 0 Å². The van der Waals surface area contributed by atoms with E-state index in [0.29, 0.717) is 6.04 Å². The van der Waals surface area contributed by atoms with Gasteiger partial charge in [0.05, 0.1) is 16.4 Å². The normalized spacial score (nSPS) is 17.6. The van der Waals surface area contributed by atoms with E-state index in [1.807, 2.05) is 18.3 Å². The number of hydrogen-bond donors (Lipinski definition) is 0. The van der Waals surface area contributed by atoms with Crippen LogP contribution in [0.15, 0.2) is 12.3 Å². The summed E-state index contributed by atoms with van der Waals surface area (Å²) in [5.74, 6) is 0.800. The molecule has 0 aromatic carbocycles. The Balaban J connectivity index is 1.60. The van der Waals surface area contributed by atoms with E-state index in [2.05, 4.69) is 47.4 Å². The Morgan fingerprint density at radius 2 is 2.08 bits per heavy atom. The molecule has 0 aliphatic heterocycles. The van der Waals surface area contributed by atoms with Gasteiger partial charge in [0.15, 0.2) is 0 Å². The molecule has 1 atom stereocenters. The highest BCUT2D eigenvalue weighted by atomic mass is 32.1. The lowest BCUT2D eigenvalue weighted by atomic mass is 9.97. The zero-order valence-electron chi connectivity index (χ0n) is 14.7. The van der Waals surface area contributed by atoms with E-state index in [-0.39, 0.29) is 0 Å². The van der Waals surface area contributed by atoms with E-state index in [9.17, 15) is 0 Å². The molecule has 0 radical (unpaired) electrons. The van der Waals surface area contributed by atoms with Crippen molar-refractivity contribution in [3.8, 4) is 0 Å². The van der Waals surface area contributed by atoms with Crippen LogP contribution in [0.2, 0.25) is 0 Å². The summed E-state index contributed by atoms with van der Waals surface area (Å²) >= 11 is 1.86. The van der Waals surface area contributed by atoms with Gasteiger partial charge in [-0.25, -0.2) is 15.0 Å². The third kappa shape index (κ3) is 2.74. The summed E-state index contributed by atoms with van der Waals surface area (Å²) in [6.45, 7) is 7.06. The maximum absolute atomic E-state index is 4.73. The quantitative estimate of drug-likeness (QED) is 0.730. The van der Waals surface area contributed by atoms with E-state index >= 15 is 0 Å². The topological polar surface area (TPSA) is 46.3 Å². The van der Waals surface area contributed by atoms with Gasteiger partial charge in [-0.3, -0.25) is 9.30 Å². The molecule has 1 aliphatic rings. The van der Waals surface area contributed by atoms with Gasteiger partial charge in [-0.1, -0.05) is 0 Å². The molecule has 0 spiro atoms. The summed E-state index contributed by atoms with van der Waals surface area (Å²) in [6.07, 6.45) is 5.67. The molecule has 6 heteroatoms. The Bertz CT molecular complexity index is 894. The predicted octanol–water partition coefficient (Wildman–Crippen LogP) is 3.62. The van der Waals surface area contributed by atoms with E-state index < -0.39 is 0 Å². The number of imidazole rings is 1. The third-order valence-electron chi connectivity index (χ3n) is 4.78. The fourth-order valence-electron chi connectivity index (χ4n) is 3.70. The van der Waals surface area contributed by atoms with Crippen molar-refractivity contribution in [1.82, 2.24) is 24.3 Å². The molecular formula is C18H23N5S. The molecule has 0 fully saturated rings. The average molecular weight is 341 g/mol. The minimum absolute atomic E-state index is 0.459. The first kappa shape index (κ1) is 15.7. The molecular weight excluding hydrogens is 318 g/mol. The number of aromatic nitrogens is 4. The van der Waals surface area contributed by atoms with E-state index in [1.54, 1.807) is 0 Å². The van der Waals surface area contributed by atoms with Gasteiger partial charge >= 0.3 is 0 Å². The van der Waals surface area contributed by atoms with Crippen LogP contribution in [-0.2, 0) is 13.0 Å². The third-order valence-corrected chi connectivity index (χ3v) is 5.90. The molecule has 0 amide bonds. The fourth-order valence-corrected chi connectivity index (χ4v) is 4.87. The van der Waals surface area contributed by atoms with Crippen molar-refractivity contribution in [1.29, 1.82) is 0 Å². The maximum Gasteiger partial charge on any atom is 0.234 e. The second-order valence-corrected chi connectivity index (χ2v) is 8.04. The molecule has 1 aliphatic carbocycles. The number of aryl methyl sites for hydroxylation is 4. The molecule has 0 saturated heterocycles. The van der Waals surface area contributed by atoms with Crippen molar-refractivity contribution in [2.24, 2.45) is 0 Å². The Morgan fingerprint density at radius 3 is 2.92 bits per heavy atom. The summed E-state index contributed by atoms with van der Waals surface area (Å²) in [5.41, 5.74) is 4.58. The molecule has 4 rings (SSSR count). The second-order valence-electron chi connectivity index (χ2n) is 6.81. The maximum atomic E-state index is 4.73. The molecule has 0 bridgehead atoms. The minimum Gasteiger partial charge on any atom is -0.293 e. The lowest BCUT2D eigenvalue weighted by Gasteiger charge is -2.30. The zero-order chi connectivity index (χ0) is 16.8. The monoisotopic (exact) mass is 341 g/mol. The van der Waals surface area contributed by atoms with Crippen LogP contribution in [0.1, 0.15) is 51.5 Å². The highest BCUT2D eigenvalue weighted by molar-refractivity contribution is 7.11. The highest BCUT2D eigenvalue weighted by Crippen LogP contribution is 2.37. The molecule has 24 heavy (non-hydrogen) atoms. The average Bonchev–Trinajstić information content (AvgIpc) is 3.08. The van der Waals surface area contributed by atoms with Crippen molar-refractivity contribution in [3.63, 3.8) is 0 Å². The van der Waals surface area contributed by atoms with Gasteiger partial charge in [0, 0.05) is 35.0 Å². The Kier molecular flexibility index (Phi) is 3.89. The van der Waals surface area contributed by atoms with E-state index in [4.69, 9.17) is 9.97 Å². The number of nitrogens with zero attached hydrogens (tertiary/aromatic N) is 5. The van der Waals surface area contributed by atoms with Gasteiger partial charge in [-0.05, 0) is 53.1 Å². The summed E-state index contributed by atoms with van der Waals surface area (Å²) in [6, 6.07) is 2.55. The van der Waals surface area contributed by atoms with Gasteiger partial charge in [0.2, 0.25) is 5.78 Å². The van der Waals surface area contributed by atoms with Crippen LogP contribution in [0, 0.1) is 20.8 Å². The van der Waals surface area contributed by atoms with Crippen molar-refractivity contribution in [2.45, 2.75) is 52.6 Å². The SMILES string of the molecule is Cc1cc(C)n2cc(CN(C)[C@@H]3CCCc4nc(C)sc43)nc2n1. The Morgan fingerprint density at radius 1 is 1.25 bits per heavy atom. The molecule has 3 aromatic rings. The van der Waals surface area contributed by atoms with Crippen LogP contribution in [0.4, 0.5) is 0 Å². The second kappa shape index (κ2) is 5.93. The van der Waals surface area contributed by atoms with E-state index in [0.717, 1.165) is 30.1 Å². The number of rotatable bonds is 3. The predicted molar refractivity (Wildman–Crippen MR) is 96.5 cm³/mol. The van der Waals surface area contributed by atoms with Crippen molar-refractivity contribution < 1.29 is 0 Å². The van der Waals surface area contributed by atoms with Crippen LogP contribution in [0.25, 0.3) is 5.78 Å². The minimum atomic E-state index is 0.459. The van der Waals surface area contributed by atoms with Crippen molar-refractivity contribution >= 4 is 17.1 Å². The lowest BCUT2D eigenvalue weighted by Crippen LogP contribution is -2.26. The first-order valence-electron chi connectivity index (χ1n) is 8.50. The standard InChI is InChI=1S/C18H23N5S/c1-11-8-12(2)23-10-14(21-18(23)19-11)9-22(4)16-7-5-6-15-17(16)24-13(3)20-15/h8,10,16H,5-7,9H2,1-4H3/t16-/m1/s1. The van der Waals surface area contributed by atoms with Gasteiger partial charge in [0.25, 0.3) is 0 Å². The highest BCUT2D eigenvalue weighted by Gasteiger charge is 2.27. The van der Waals surface area contributed by atoms with E-state index in [1.165, 1.54) is 34.1 Å². The number of thiazole rings is 1. The fraction of sp³-hybridized carbons (Fsp3) is 0.500. The Hall–Kier alpha value is -1.79. The summed E-state index contributed by atoms with van der Waals surface area (Å²) in [5, 5.41) is 1.18. The van der Waals surface area contributed by atoms with Crippen molar-refractivity contribution in [2.75, 3.05) is 7.05 Å². The first-order valence-corrected chi connectivity index (χ1v) is 9.31. The Labute approximate surface area is 146 Å². The van der Waals surface area contributed by atoms with Gasteiger partial charge in [-0.2, -0.15) is 0 Å². The van der Waals surface area contributed by atoms with Crippen LogP contribution < -0.4 is 0 Å². The van der Waals surface area contributed by atoms with Crippen LogP contribution in [-0.4, -0.2) is 31.3 Å². The molecule has 0 N–H and O–H groups in total. The molecule has 0 unspecified atom stereocenters. The van der Waals surface area contributed by atoms with Gasteiger partial charge < -0.3 is 0 Å². The van der Waals surface area contributed by atoms with Crippen LogP contribution in [0.5, 0.6) is 0 Å². The van der Waals surface area contributed by atoms with Gasteiger partial charge in [-0.15, -0.1) is 11.3 Å². The molecule has 126 valence electrons. The molecule has 3 aromatic heterocycles. The molecule has 3 heterocycles. The van der Waals surface area contributed by atoms with Crippen LogP contribution >= 0.6 is 11.3 Å². The number of hydrogen-bond acceptors (Lipinski definition) is 5. The molecule has 0 saturated carbocycles. The lowest BCUT2D eigenvalue weighted by molar-refractivity contribution is 0.214. The zero-order valence-corrected chi connectivity index (χ0v) is 15.5.